The highest BCUT2D eigenvalue weighted by Crippen LogP contribution is 2.35. The predicted molar refractivity (Wildman–Crippen MR) is 147 cm³/mol. The first-order chi connectivity index (χ1) is 18.8. The Kier molecular flexibility index (Phi) is 7.94. The van der Waals surface area contributed by atoms with Crippen molar-refractivity contribution in [2.24, 2.45) is 5.92 Å². The van der Waals surface area contributed by atoms with E-state index >= 15 is 0 Å². The third-order valence-electron chi connectivity index (χ3n) is 8.17. The van der Waals surface area contributed by atoms with Crippen LogP contribution < -0.4 is 5.32 Å². The summed E-state index contributed by atoms with van der Waals surface area (Å²) in [6.07, 6.45) is 6.63. The molecule has 1 aliphatic carbocycles. The highest BCUT2D eigenvalue weighted by molar-refractivity contribution is 6.30. The molecule has 1 atom stereocenters. The Morgan fingerprint density at radius 2 is 1.90 bits per heavy atom. The van der Waals surface area contributed by atoms with Gasteiger partial charge in [-0.25, -0.2) is 0 Å². The van der Waals surface area contributed by atoms with Gasteiger partial charge in [0.1, 0.15) is 17.8 Å². The number of amides is 3. The van der Waals surface area contributed by atoms with Gasteiger partial charge in [-0.15, -0.1) is 0 Å². The summed E-state index contributed by atoms with van der Waals surface area (Å²) in [4.78, 5) is 42.8. The van der Waals surface area contributed by atoms with E-state index in [-0.39, 0.29) is 36.2 Å². The molecular weight excluding hydrogens is 516 g/mol. The van der Waals surface area contributed by atoms with Gasteiger partial charge in [0.25, 0.3) is 5.91 Å². The Morgan fingerprint density at radius 1 is 1.18 bits per heavy atom. The minimum absolute atomic E-state index is 0.00223. The Labute approximate surface area is 234 Å². The molecule has 2 aliphatic heterocycles. The number of aromatic nitrogens is 2. The number of halogens is 1. The van der Waals surface area contributed by atoms with Crippen LogP contribution in [0.3, 0.4) is 0 Å². The van der Waals surface area contributed by atoms with Crippen molar-refractivity contribution in [2.45, 2.75) is 69.9 Å². The average molecular weight is 551 g/mol. The van der Waals surface area contributed by atoms with E-state index in [2.05, 4.69) is 18.3 Å². The minimum atomic E-state index is -0.674. The van der Waals surface area contributed by atoms with Gasteiger partial charge in [-0.05, 0) is 50.3 Å². The summed E-state index contributed by atoms with van der Waals surface area (Å²) in [5.74, 6) is -0.577. The number of unbranched alkanes of at least 4 members (excludes halogenated alkanes) is 2. The highest BCUT2D eigenvalue weighted by atomic mass is 35.5. The molecule has 1 aromatic heterocycles. The van der Waals surface area contributed by atoms with Crippen LogP contribution in [0.1, 0.15) is 74.8 Å². The van der Waals surface area contributed by atoms with Gasteiger partial charge in [-0.1, -0.05) is 49.9 Å². The summed E-state index contributed by atoms with van der Waals surface area (Å²) < 4.78 is 1.85. The van der Waals surface area contributed by atoms with Gasteiger partial charge in [0.15, 0.2) is 0 Å². The van der Waals surface area contributed by atoms with E-state index in [1.165, 1.54) is 0 Å². The van der Waals surface area contributed by atoms with E-state index in [0.717, 1.165) is 31.2 Å². The quantitative estimate of drug-likeness (QED) is 0.470. The fraction of sp³-hybridized carbons (Fsp3) is 0.552. The lowest BCUT2D eigenvalue weighted by molar-refractivity contribution is -0.136. The molecule has 1 aromatic carbocycles. The molecule has 5 rings (SSSR count). The Bertz CT molecular complexity index is 1270. The predicted octanol–water partition coefficient (Wildman–Crippen LogP) is 4.19. The zero-order valence-electron chi connectivity index (χ0n) is 22.4. The third kappa shape index (κ3) is 5.96. The zero-order valence-corrected chi connectivity index (χ0v) is 23.1. The van der Waals surface area contributed by atoms with Crippen LogP contribution in [0.25, 0.3) is 11.3 Å². The number of carbonyl (C=O) groups excluding carboxylic acids is 3. The second-order valence-electron chi connectivity index (χ2n) is 11.0. The molecule has 3 heterocycles. The van der Waals surface area contributed by atoms with Crippen LogP contribution in [0.2, 0.25) is 5.02 Å². The smallest absolute Gasteiger partial charge is 0.272 e. The van der Waals surface area contributed by atoms with E-state index in [1.54, 1.807) is 21.9 Å². The minimum Gasteiger partial charge on any atom is -0.341 e. The highest BCUT2D eigenvalue weighted by Gasteiger charge is 2.46. The first-order valence-electron chi connectivity index (χ1n) is 14.0. The van der Waals surface area contributed by atoms with Crippen LogP contribution in [0.15, 0.2) is 30.3 Å². The monoisotopic (exact) mass is 550 g/mol. The SMILES string of the molecule is CCCCCC1CN(CC(=O)N2CCC(C(=O)NC3(C#N)CC3)CC2)C(=O)c2cc(-c3ccc(Cl)cc3)nn21. The first-order valence-corrected chi connectivity index (χ1v) is 14.4. The molecule has 0 radical (unpaired) electrons. The number of carbonyl (C=O) groups is 3. The number of hydrogen-bond acceptors (Lipinski definition) is 5. The van der Waals surface area contributed by atoms with E-state index in [9.17, 15) is 19.6 Å². The fourth-order valence-corrected chi connectivity index (χ4v) is 5.66. The fourth-order valence-electron chi connectivity index (χ4n) is 5.53. The number of fused-ring (bicyclic) bond motifs is 1. The molecule has 39 heavy (non-hydrogen) atoms. The number of piperidine rings is 1. The van der Waals surface area contributed by atoms with Crippen molar-refractivity contribution in [3.63, 3.8) is 0 Å². The molecular formula is C29H35ClN6O3. The maximum atomic E-state index is 13.5. The van der Waals surface area contributed by atoms with Crippen molar-refractivity contribution in [3.8, 4) is 17.3 Å². The molecule has 1 unspecified atom stereocenters. The number of nitrogens with zero attached hydrogens (tertiary/aromatic N) is 5. The number of nitriles is 1. The molecule has 206 valence electrons. The summed E-state index contributed by atoms with van der Waals surface area (Å²) in [5.41, 5.74) is 1.43. The molecule has 1 saturated heterocycles. The van der Waals surface area contributed by atoms with Gasteiger partial charge in [-0.3, -0.25) is 19.1 Å². The lowest BCUT2D eigenvalue weighted by atomic mass is 9.95. The number of rotatable bonds is 9. The van der Waals surface area contributed by atoms with Gasteiger partial charge in [-0.2, -0.15) is 10.4 Å². The van der Waals surface area contributed by atoms with E-state index in [4.69, 9.17) is 16.7 Å². The van der Waals surface area contributed by atoms with Crippen LogP contribution in [-0.2, 0) is 9.59 Å². The molecule has 1 saturated carbocycles. The Balaban J connectivity index is 1.24. The zero-order chi connectivity index (χ0) is 27.6. The van der Waals surface area contributed by atoms with Crippen molar-refractivity contribution in [3.05, 3.63) is 41.0 Å². The second-order valence-corrected chi connectivity index (χ2v) is 11.5. The standard InChI is InChI=1S/C29H35ClN6O3/c1-2-3-4-5-23-17-35(28(39)25-16-24(33-36(23)25)20-6-8-22(30)9-7-20)18-26(37)34-14-10-21(11-15-34)27(38)32-29(19-31)12-13-29/h6-9,16,21,23H,2-5,10-15,17-18H2,1H3,(H,32,38). The van der Waals surface area contributed by atoms with Crippen molar-refractivity contribution in [2.75, 3.05) is 26.2 Å². The molecule has 3 amide bonds. The molecule has 9 nitrogen and oxygen atoms in total. The number of benzene rings is 1. The first kappa shape index (κ1) is 27.2. The lowest BCUT2D eigenvalue weighted by Gasteiger charge is -2.36. The van der Waals surface area contributed by atoms with Gasteiger partial charge in [0.05, 0.1) is 17.8 Å². The summed E-state index contributed by atoms with van der Waals surface area (Å²) in [7, 11) is 0. The second kappa shape index (κ2) is 11.4. The van der Waals surface area contributed by atoms with Crippen molar-refractivity contribution >= 4 is 29.3 Å². The van der Waals surface area contributed by atoms with E-state index < -0.39 is 5.54 Å². The van der Waals surface area contributed by atoms with Gasteiger partial charge >= 0.3 is 0 Å². The van der Waals surface area contributed by atoms with Gasteiger partial charge in [0.2, 0.25) is 11.8 Å². The van der Waals surface area contributed by atoms with Crippen molar-refractivity contribution < 1.29 is 14.4 Å². The topological polar surface area (TPSA) is 111 Å². The van der Waals surface area contributed by atoms with Crippen LogP contribution in [0, 0.1) is 17.2 Å². The number of nitrogens with one attached hydrogen (secondary N) is 1. The Hall–Kier alpha value is -3.38. The van der Waals surface area contributed by atoms with E-state index in [1.807, 2.05) is 22.9 Å². The molecule has 3 aliphatic rings. The summed E-state index contributed by atoms with van der Waals surface area (Å²) in [5, 5.41) is 17.6. The number of hydrogen-bond donors (Lipinski definition) is 1. The van der Waals surface area contributed by atoms with Gasteiger partial charge in [0, 0.05) is 36.1 Å². The molecule has 1 N–H and O–H groups in total. The lowest BCUT2D eigenvalue weighted by Crippen LogP contribution is -2.51. The Morgan fingerprint density at radius 3 is 2.54 bits per heavy atom. The summed E-state index contributed by atoms with van der Waals surface area (Å²) in [6, 6.07) is 11.4. The maximum absolute atomic E-state index is 13.5. The average Bonchev–Trinajstić information content (AvgIpc) is 3.57. The van der Waals surface area contributed by atoms with Crippen LogP contribution in [-0.4, -0.2) is 69.0 Å². The van der Waals surface area contributed by atoms with Crippen LogP contribution in [0.4, 0.5) is 0 Å². The molecule has 2 fully saturated rings. The van der Waals surface area contributed by atoms with Crippen molar-refractivity contribution in [1.82, 2.24) is 24.9 Å². The van der Waals surface area contributed by atoms with E-state index in [0.29, 0.717) is 61.7 Å². The maximum Gasteiger partial charge on any atom is 0.272 e. The molecule has 0 spiro atoms. The summed E-state index contributed by atoms with van der Waals surface area (Å²) in [6.45, 7) is 3.55. The largest absolute Gasteiger partial charge is 0.341 e. The summed E-state index contributed by atoms with van der Waals surface area (Å²) >= 11 is 6.05. The molecule has 2 aromatic rings. The van der Waals surface area contributed by atoms with Crippen molar-refractivity contribution in [1.29, 1.82) is 5.26 Å². The molecule has 0 bridgehead atoms. The normalized spacial score (nSPS) is 20.3. The van der Waals surface area contributed by atoms with Crippen LogP contribution in [0.5, 0.6) is 0 Å². The van der Waals surface area contributed by atoms with Gasteiger partial charge < -0.3 is 15.1 Å². The third-order valence-corrected chi connectivity index (χ3v) is 8.42. The molecule has 10 heteroatoms. The van der Waals surface area contributed by atoms with Crippen LogP contribution >= 0.6 is 11.6 Å². The number of likely N-dealkylation sites (tertiary alicyclic amines) is 1.